The lowest BCUT2D eigenvalue weighted by atomic mass is 10.1. The zero-order valence-corrected chi connectivity index (χ0v) is 18.5. The summed E-state index contributed by atoms with van der Waals surface area (Å²) in [6, 6.07) is 12.6. The third-order valence-corrected chi connectivity index (χ3v) is 6.56. The number of carbonyl (C=O) groups excluding carboxylic acids is 1. The minimum atomic E-state index is -4.00. The summed E-state index contributed by atoms with van der Waals surface area (Å²) in [5.41, 5.74) is 0.842. The number of hydrogen-bond acceptors (Lipinski definition) is 6. The van der Waals surface area contributed by atoms with Crippen LogP contribution in [0.2, 0.25) is 0 Å². The van der Waals surface area contributed by atoms with E-state index in [9.17, 15) is 13.2 Å². The molecule has 8 nitrogen and oxygen atoms in total. The van der Waals surface area contributed by atoms with E-state index in [1.54, 1.807) is 0 Å². The second-order valence-corrected chi connectivity index (χ2v) is 8.97. The van der Waals surface area contributed by atoms with Crippen molar-refractivity contribution in [1.82, 2.24) is 10.0 Å². The number of carbonyl (C=O) groups is 1. The average molecular weight is 449 g/mol. The SMILES string of the molecule is COc1ccc(S(=O)(=O)N[C@H](Cc2ccccc2)C(=O)NC[C@@H]2CCCO2)cc1OC. The van der Waals surface area contributed by atoms with Crippen molar-refractivity contribution in [3.63, 3.8) is 0 Å². The van der Waals surface area contributed by atoms with Crippen molar-refractivity contribution >= 4 is 15.9 Å². The van der Waals surface area contributed by atoms with Gasteiger partial charge in [-0.3, -0.25) is 4.79 Å². The van der Waals surface area contributed by atoms with Gasteiger partial charge in [-0.1, -0.05) is 30.3 Å². The predicted molar refractivity (Wildman–Crippen MR) is 116 cm³/mol. The molecule has 0 saturated carbocycles. The summed E-state index contributed by atoms with van der Waals surface area (Å²) in [7, 11) is -1.10. The van der Waals surface area contributed by atoms with Crippen molar-refractivity contribution in [2.24, 2.45) is 0 Å². The lowest BCUT2D eigenvalue weighted by Crippen LogP contribution is -2.49. The van der Waals surface area contributed by atoms with Crippen LogP contribution in [0.25, 0.3) is 0 Å². The highest BCUT2D eigenvalue weighted by molar-refractivity contribution is 7.89. The highest BCUT2D eigenvalue weighted by Gasteiger charge is 2.28. The molecule has 0 aromatic heterocycles. The fourth-order valence-corrected chi connectivity index (χ4v) is 4.63. The van der Waals surface area contributed by atoms with E-state index in [1.807, 2.05) is 30.3 Å². The Bertz CT molecular complexity index is 975. The number of amides is 1. The molecule has 9 heteroatoms. The maximum atomic E-state index is 13.1. The Morgan fingerprint density at radius 1 is 1.13 bits per heavy atom. The van der Waals surface area contributed by atoms with Gasteiger partial charge in [0.2, 0.25) is 15.9 Å². The summed E-state index contributed by atoms with van der Waals surface area (Å²) in [4.78, 5) is 12.9. The van der Waals surface area contributed by atoms with Gasteiger partial charge in [-0.05, 0) is 37.0 Å². The van der Waals surface area contributed by atoms with E-state index in [4.69, 9.17) is 14.2 Å². The van der Waals surface area contributed by atoms with Crippen LogP contribution in [0.5, 0.6) is 11.5 Å². The Morgan fingerprint density at radius 3 is 2.52 bits per heavy atom. The van der Waals surface area contributed by atoms with Crippen molar-refractivity contribution in [1.29, 1.82) is 0 Å². The number of sulfonamides is 1. The first-order chi connectivity index (χ1) is 14.9. The maximum absolute atomic E-state index is 13.1. The third kappa shape index (κ3) is 6.19. The molecular formula is C22H28N2O6S. The minimum absolute atomic E-state index is 0.0184. The number of ether oxygens (including phenoxy) is 3. The van der Waals surface area contributed by atoms with Crippen LogP contribution in [0.4, 0.5) is 0 Å². The fraction of sp³-hybridized carbons (Fsp3) is 0.409. The largest absolute Gasteiger partial charge is 0.493 e. The van der Waals surface area contributed by atoms with E-state index >= 15 is 0 Å². The number of hydrogen-bond donors (Lipinski definition) is 2. The van der Waals surface area contributed by atoms with Gasteiger partial charge < -0.3 is 19.5 Å². The van der Waals surface area contributed by atoms with Crippen LogP contribution in [0.1, 0.15) is 18.4 Å². The Morgan fingerprint density at radius 2 is 1.87 bits per heavy atom. The van der Waals surface area contributed by atoms with E-state index in [0.717, 1.165) is 18.4 Å². The van der Waals surface area contributed by atoms with E-state index in [-0.39, 0.29) is 23.2 Å². The molecule has 0 unspecified atom stereocenters. The van der Waals surface area contributed by atoms with Crippen LogP contribution in [0.15, 0.2) is 53.4 Å². The Balaban J connectivity index is 1.79. The van der Waals surface area contributed by atoms with Crippen molar-refractivity contribution in [2.75, 3.05) is 27.4 Å². The van der Waals surface area contributed by atoms with Crippen molar-refractivity contribution in [3.8, 4) is 11.5 Å². The highest BCUT2D eigenvalue weighted by Crippen LogP contribution is 2.29. The molecule has 0 aliphatic carbocycles. The standard InChI is InChI=1S/C22H28N2O6S/c1-28-20-11-10-18(14-21(20)29-2)31(26,27)24-19(13-16-7-4-3-5-8-16)22(25)23-15-17-9-6-12-30-17/h3-5,7-8,10-11,14,17,19,24H,6,9,12-13,15H2,1-2H3,(H,23,25)/t17-,19+/m0/s1. The zero-order valence-electron chi connectivity index (χ0n) is 17.7. The van der Waals surface area contributed by atoms with Crippen LogP contribution in [-0.4, -0.2) is 53.8 Å². The first-order valence-corrected chi connectivity index (χ1v) is 11.6. The van der Waals surface area contributed by atoms with Crippen LogP contribution in [-0.2, 0) is 26.0 Å². The number of nitrogens with one attached hydrogen (secondary N) is 2. The van der Waals surface area contributed by atoms with Crippen LogP contribution in [0.3, 0.4) is 0 Å². The van der Waals surface area contributed by atoms with Gasteiger partial charge in [0.15, 0.2) is 11.5 Å². The number of rotatable bonds is 10. The normalized spacial score (nSPS) is 17.2. The summed E-state index contributed by atoms with van der Waals surface area (Å²) in [5, 5.41) is 2.82. The van der Waals surface area contributed by atoms with Crippen LogP contribution < -0.4 is 19.5 Å². The summed E-state index contributed by atoms with van der Waals surface area (Å²) >= 11 is 0. The number of benzene rings is 2. The van der Waals surface area contributed by atoms with Gasteiger partial charge >= 0.3 is 0 Å². The molecule has 1 saturated heterocycles. The molecule has 31 heavy (non-hydrogen) atoms. The molecule has 1 amide bonds. The highest BCUT2D eigenvalue weighted by atomic mass is 32.2. The Kier molecular flexibility index (Phi) is 7.89. The van der Waals surface area contributed by atoms with Crippen molar-refractivity contribution in [3.05, 3.63) is 54.1 Å². The van der Waals surface area contributed by atoms with Gasteiger partial charge in [0, 0.05) is 19.2 Å². The molecular weight excluding hydrogens is 420 g/mol. The zero-order chi connectivity index (χ0) is 22.3. The predicted octanol–water partition coefficient (Wildman–Crippen LogP) is 1.89. The van der Waals surface area contributed by atoms with Gasteiger partial charge in [0.25, 0.3) is 0 Å². The first kappa shape index (κ1) is 23.1. The second kappa shape index (κ2) is 10.6. The molecule has 2 aromatic rings. The van der Waals surface area contributed by atoms with Gasteiger partial charge in [-0.2, -0.15) is 4.72 Å². The third-order valence-electron chi connectivity index (χ3n) is 5.09. The van der Waals surface area contributed by atoms with E-state index in [2.05, 4.69) is 10.0 Å². The first-order valence-electron chi connectivity index (χ1n) is 10.1. The molecule has 2 aromatic carbocycles. The summed E-state index contributed by atoms with van der Waals surface area (Å²) in [6.07, 6.45) is 2.01. The average Bonchev–Trinajstić information content (AvgIpc) is 3.30. The number of methoxy groups -OCH3 is 2. The Labute approximate surface area is 182 Å². The molecule has 0 spiro atoms. The fourth-order valence-electron chi connectivity index (χ4n) is 3.42. The maximum Gasteiger partial charge on any atom is 0.241 e. The molecule has 1 aliphatic rings. The lowest BCUT2D eigenvalue weighted by Gasteiger charge is -2.20. The smallest absolute Gasteiger partial charge is 0.241 e. The van der Waals surface area contributed by atoms with Crippen molar-refractivity contribution in [2.45, 2.75) is 36.3 Å². The monoisotopic (exact) mass is 448 g/mol. The molecule has 0 radical (unpaired) electrons. The summed E-state index contributed by atoms with van der Waals surface area (Å²) in [5.74, 6) is 0.299. The molecule has 1 fully saturated rings. The van der Waals surface area contributed by atoms with E-state index < -0.39 is 22.0 Å². The van der Waals surface area contributed by atoms with E-state index in [0.29, 0.717) is 18.9 Å². The molecule has 2 N–H and O–H groups in total. The quantitative estimate of drug-likeness (QED) is 0.575. The van der Waals surface area contributed by atoms with Crippen LogP contribution >= 0.6 is 0 Å². The topological polar surface area (TPSA) is 103 Å². The molecule has 2 atom stereocenters. The molecule has 0 bridgehead atoms. The van der Waals surface area contributed by atoms with Gasteiger partial charge in [-0.25, -0.2) is 8.42 Å². The molecule has 3 rings (SSSR count). The van der Waals surface area contributed by atoms with Gasteiger partial charge in [0.1, 0.15) is 6.04 Å². The summed E-state index contributed by atoms with van der Waals surface area (Å²) in [6.45, 7) is 1.03. The van der Waals surface area contributed by atoms with Gasteiger partial charge in [-0.15, -0.1) is 0 Å². The Hall–Kier alpha value is -2.62. The van der Waals surface area contributed by atoms with E-state index in [1.165, 1.54) is 32.4 Å². The van der Waals surface area contributed by atoms with Gasteiger partial charge in [0.05, 0.1) is 25.2 Å². The molecule has 168 valence electrons. The van der Waals surface area contributed by atoms with Crippen molar-refractivity contribution < 1.29 is 27.4 Å². The van der Waals surface area contributed by atoms with Crippen LogP contribution in [0, 0.1) is 0 Å². The second-order valence-electron chi connectivity index (χ2n) is 7.26. The summed E-state index contributed by atoms with van der Waals surface area (Å²) < 4.78 is 44.6. The minimum Gasteiger partial charge on any atom is -0.493 e. The lowest BCUT2D eigenvalue weighted by molar-refractivity contribution is -0.123. The molecule has 1 aliphatic heterocycles. The molecule has 1 heterocycles.